The first-order chi connectivity index (χ1) is 20.1. The van der Waals surface area contributed by atoms with Gasteiger partial charge in [-0.25, -0.2) is 8.78 Å². The minimum absolute atomic E-state index is 0.0359. The van der Waals surface area contributed by atoms with Crippen molar-refractivity contribution in [3.05, 3.63) is 137 Å². The maximum atomic E-state index is 15.8. The van der Waals surface area contributed by atoms with Crippen molar-refractivity contribution in [2.24, 2.45) is 0 Å². The van der Waals surface area contributed by atoms with Crippen molar-refractivity contribution in [2.45, 2.75) is 38.0 Å². The highest BCUT2D eigenvalue weighted by atomic mass is 35.5. The molecule has 1 fully saturated rings. The first-order valence-electron chi connectivity index (χ1n) is 13.1. The number of anilines is 2. The third kappa shape index (κ3) is 4.90. The molecule has 2 heterocycles. The summed E-state index contributed by atoms with van der Waals surface area (Å²) < 4.78 is 31.6. The number of fused-ring (bicyclic) bond motifs is 1. The number of benzene rings is 4. The molecule has 0 amide bonds. The van der Waals surface area contributed by atoms with Gasteiger partial charge < -0.3 is 9.80 Å². The molecule has 0 bridgehead atoms. The van der Waals surface area contributed by atoms with Crippen LogP contribution in [0.1, 0.15) is 47.2 Å². The Morgan fingerprint density at radius 1 is 0.714 bits per heavy atom. The van der Waals surface area contributed by atoms with Crippen LogP contribution in [0.2, 0.25) is 10.0 Å². The van der Waals surface area contributed by atoms with Gasteiger partial charge in [-0.2, -0.15) is 0 Å². The average molecular weight is 611 g/mol. The Morgan fingerprint density at radius 3 is 1.60 bits per heavy atom. The van der Waals surface area contributed by atoms with E-state index in [1.54, 1.807) is 21.9 Å². The average Bonchev–Trinajstić information content (AvgIpc) is 3.58. The highest BCUT2D eigenvalue weighted by Crippen LogP contribution is 2.49. The van der Waals surface area contributed by atoms with Crippen LogP contribution >= 0.6 is 23.2 Å². The van der Waals surface area contributed by atoms with Gasteiger partial charge in [0, 0.05) is 30.9 Å². The molecule has 1 saturated heterocycles. The third-order valence-corrected chi connectivity index (χ3v) is 8.58. The molecule has 0 N–H and O–H groups in total. The van der Waals surface area contributed by atoms with Crippen LogP contribution in [-0.2, 0) is 13.1 Å². The summed E-state index contributed by atoms with van der Waals surface area (Å²) in [6, 6.07) is 17.9. The summed E-state index contributed by atoms with van der Waals surface area (Å²) in [6.45, 7) is 0.725. The summed E-state index contributed by atoms with van der Waals surface area (Å²) in [5.74, 6) is -1.52. The van der Waals surface area contributed by atoms with E-state index in [9.17, 15) is 20.2 Å². The Kier molecular flexibility index (Phi) is 7.20. The quantitative estimate of drug-likeness (QED) is 0.160. The van der Waals surface area contributed by atoms with E-state index < -0.39 is 33.6 Å². The predicted molar refractivity (Wildman–Crippen MR) is 156 cm³/mol. The van der Waals surface area contributed by atoms with Gasteiger partial charge in [-0.3, -0.25) is 20.2 Å². The molecular formula is C30H22Cl2F2N4O4. The van der Waals surface area contributed by atoms with Gasteiger partial charge in [0.05, 0.1) is 21.9 Å². The van der Waals surface area contributed by atoms with E-state index in [0.29, 0.717) is 37.1 Å². The molecule has 0 aliphatic carbocycles. The maximum absolute atomic E-state index is 15.8. The van der Waals surface area contributed by atoms with Gasteiger partial charge in [-0.1, -0.05) is 59.6 Å². The van der Waals surface area contributed by atoms with Crippen LogP contribution in [-0.4, -0.2) is 9.85 Å². The number of rotatable bonds is 6. The molecule has 2 aliphatic rings. The van der Waals surface area contributed by atoms with E-state index in [0.717, 1.165) is 11.1 Å². The molecule has 42 heavy (non-hydrogen) atoms. The highest BCUT2D eigenvalue weighted by Gasteiger charge is 2.38. The summed E-state index contributed by atoms with van der Waals surface area (Å²) in [7, 11) is 0. The minimum Gasteiger partial charge on any atom is -0.358 e. The van der Waals surface area contributed by atoms with E-state index >= 15 is 8.78 Å². The molecule has 8 nitrogen and oxygen atoms in total. The Hall–Kier alpha value is -4.28. The number of nitro benzene ring substituents is 2. The van der Waals surface area contributed by atoms with Crippen LogP contribution in [0.25, 0.3) is 0 Å². The lowest BCUT2D eigenvalue weighted by Crippen LogP contribution is -2.27. The van der Waals surface area contributed by atoms with Crippen molar-refractivity contribution in [3.63, 3.8) is 0 Å². The maximum Gasteiger partial charge on any atom is 0.288 e. The fraction of sp³-hybridized carbons (Fsp3) is 0.200. The number of hydrogen-bond donors (Lipinski definition) is 0. The van der Waals surface area contributed by atoms with Crippen molar-refractivity contribution in [1.29, 1.82) is 0 Å². The lowest BCUT2D eigenvalue weighted by Gasteiger charge is -2.34. The number of nitro groups is 2. The van der Waals surface area contributed by atoms with E-state index in [1.807, 2.05) is 24.3 Å². The van der Waals surface area contributed by atoms with Gasteiger partial charge in [0.2, 0.25) is 0 Å². The largest absolute Gasteiger partial charge is 0.358 e. The number of halogens is 4. The van der Waals surface area contributed by atoms with Gasteiger partial charge >= 0.3 is 0 Å². The standard InChI is InChI=1S/C30H22Cl2F2N4O4/c31-22-7-5-17(11-28(22)37(39)40)26-9-10-27(18-6-8-23(32)29(12-18)38(41)42)36(26)21-13-24(33)30(25(34)14-21)35-15-19-3-1-2-4-20(19)16-35/h1-8,11-14,26-27H,9-10,15-16H2. The second-order valence-electron chi connectivity index (χ2n) is 10.3. The Balaban J connectivity index is 1.44. The van der Waals surface area contributed by atoms with Gasteiger partial charge in [-0.05, 0) is 59.4 Å². The molecule has 2 aliphatic heterocycles. The molecule has 2 unspecified atom stereocenters. The number of nitrogens with zero attached hydrogens (tertiary/aromatic N) is 4. The fourth-order valence-corrected chi connectivity index (χ4v) is 6.45. The van der Waals surface area contributed by atoms with Crippen LogP contribution in [0.15, 0.2) is 72.8 Å². The summed E-state index contributed by atoms with van der Waals surface area (Å²) >= 11 is 12.1. The highest BCUT2D eigenvalue weighted by molar-refractivity contribution is 6.33. The van der Waals surface area contributed by atoms with E-state index in [1.165, 1.54) is 36.4 Å². The Bertz CT molecular complexity index is 1640. The van der Waals surface area contributed by atoms with Crippen LogP contribution in [0.4, 0.5) is 31.5 Å². The van der Waals surface area contributed by atoms with Gasteiger partial charge in [0.15, 0.2) is 11.6 Å². The lowest BCUT2D eigenvalue weighted by atomic mass is 10.0. The molecule has 0 spiro atoms. The molecule has 12 heteroatoms. The molecule has 0 aromatic heterocycles. The van der Waals surface area contributed by atoms with Gasteiger partial charge in [0.1, 0.15) is 15.7 Å². The zero-order chi connectivity index (χ0) is 29.7. The molecule has 214 valence electrons. The van der Waals surface area contributed by atoms with Crippen molar-refractivity contribution in [3.8, 4) is 0 Å². The summed E-state index contributed by atoms with van der Waals surface area (Å²) in [5, 5.41) is 23.2. The first-order valence-corrected chi connectivity index (χ1v) is 13.8. The summed E-state index contributed by atoms with van der Waals surface area (Å²) in [6.07, 6.45) is 0.901. The SMILES string of the molecule is O=[N+]([O-])c1cc(C2CCC(c3ccc(Cl)c([N+](=O)[O-])c3)N2c2cc(F)c(N3Cc4ccccc4C3)c(F)c2)ccc1Cl. The second kappa shape index (κ2) is 10.8. The Morgan fingerprint density at radius 2 is 1.17 bits per heavy atom. The third-order valence-electron chi connectivity index (χ3n) is 7.95. The molecule has 6 rings (SSSR count). The van der Waals surface area contributed by atoms with Gasteiger partial charge in [-0.15, -0.1) is 0 Å². The molecular weight excluding hydrogens is 589 g/mol. The molecule has 4 aromatic rings. The number of hydrogen-bond acceptors (Lipinski definition) is 6. The minimum atomic E-state index is -0.758. The predicted octanol–water partition coefficient (Wildman–Crippen LogP) is 8.69. The van der Waals surface area contributed by atoms with E-state index in [-0.39, 0.29) is 32.8 Å². The van der Waals surface area contributed by atoms with Crippen LogP contribution < -0.4 is 9.80 Å². The van der Waals surface area contributed by atoms with Crippen LogP contribution in [0.5, 0.6) is 0 Å². The zero-order valence-corrected chi connectivity index (χ0v) is 23.4. The lowest BCUT2D eigenvalue weighted by molar-refractivity contribution is -0.384. The van der Waals surface area contributed by atoms with Crippen LogP contribution in [0, 0.1) is 31.9 Å². The van der Waals surface area contributed by atoms with Crippen molar-refractivity contribution >= 4 is 46.0 Å². The van der Waals surface area contributed by atoms with Crippen molar-refractivity contribution in [1.82, 2.24) is 0 Å². The molecule has 4 aromatic carbocycles. The molecule has 2 atom stereocenters. The summed E-state index contributed by atoms with van der Waals surface area (Å²) in [5.41, 5.74) is 2.51. The topological polar surface area (TPSA) is 92.8 Å². The van der Waals surface area contributed by atoms with E-state index in [4.69, 9.17) is 23.2 Å². The summed E-state index contributed by atoms with van der Waals surface area (Å²) in [4.78, 5) is 25.5. The van der Waals surface area contributed by atoms with Crippen LogP contribution in [0.3, 0.4) is 0 Å². The fourth-order valence-electron chi connectivity index (χ4n) is 6.07. The van der Waals surface area contributed by atoms with Gasteiger partial charge in [0.25, 0.3) is 11.4 Å². The smallest absolute Gasteiger partial charge is 0.288 e. The van der Waals surface area contributed by atoms with Crippen molar-refractivity contribution in [2.75, 3.05) is 9.80 Å². The monoisotopic (exact) mass is 610 g/mol. The Labute approximate surface area is 249 Å². The first kappa shape index (κ1) is 27.9. The molecule has 0 saturated carbocycles. The van der Waals surface area contributed by atoms with Crippen molar-refractivity contribution < 1.29 is 18.6 Å². The zero-order valence-electron chi connectivity index (χ0n) is 21.8. The normalized spacial score (nSPS) is 17.9. The van der Waals surface area contributed by atoms with E-state index in [2.05, 4.69) is 0 Å². The second-order valence-corrected chi connectivity index (χ2v) is 11.1. The molecule has 0 radical (unpaired) electrons.